The van der Waals surface area contributed by atoms with Crippen molar-refractivity contribution in [1.82, 2.24) is 0 Å². The van der Waals surface area contributed by atoms with Gasteiger partial charge in [0, 0.05) is 6.54 Å². The first kappa shape index (κ1) is 17.8. The van der Waals surface area contributed by atoms with E-state index in [0.29, 0.717) is 17.9 Å². The number of rotatable bonds is 6. The molecular weight excluding hydrogens is 334 g/mol. The molecule has 0 saturated carbocycles. The van der Waals surface area contributed by atoms with Crippen molar-refractivity contribution in [2.75, 3.05) is 31.3 Å². The molecule has 0 aromatic heterocycles. The van der Waals surface area contributed by atoms with E-state index in [2.05, 4.69) is 17.0 Å². The van der Waals surface area contributed by atoms with Gasteiger partial charge in [-0.15, -0.1) is 0 Å². The quantitative estimate of drug-likeness (QED) is 0.743. The molecule has 1 aliphatic rings. The fourth-order valence-electron chi connectivity index (χ4n) is 2.78. The standard InChI is InChI=1S/C20H21NO5/c1-2-24-19(22)14-26-20(23)16-8-9-17-18(12-16)25-11-10-21(17)13-15-6-4-3-5-7-15/h3-9,12H,2,10-11,13-14H2,1H3. The molecule has 6 nitrogen and oxygen atoms in total. The molecule has 0 spiro atoms. The molecule has 26 heavy (non-hydrogen) atoms. The molecule has 2 aromatic carbocycles. The highest BCUT2D eigenvalue weighted by Gasteiger charge is 2.21. The van der Waals surface area contributed by atoms with E-state index < -0.39 is 18.5 Å². The zero-order valence-electron chi connectivity index (χ0n) is 14.6. The van der Waals surface area contributed by atoms with Crippen LogP contribution in [0.15, 0.2) is 48.5 Å². The Morgan fingerprint density at radius 1 is 1.12 bits per heavy atom. The van der Waals surface area contributed by atoms with Gasteiger partial charge in [0.05, 0.1) is 24.4 Å². The topological polar surface area (TPSA) is 65.1 Å². The van der Waals surface area contributed by atoms with E-state index in [4.69, 9.17) is 14.2 Å². The normalized spacial score (nSPS) is 12.7. The maximum Gasteiger partial charge on any atom is 0.344 e. The summed E-state index contributed by atoms with van der Waals surface area (Å²) in [6.07, 6.45) is 0. The van der Waals surface area contributed by atoms with Crippen molar-refractivity contribution in [3.05, 3.63) is 59.7 Å². The van der Waals surface area contributed by atoms with Crippen molar-refractivity contribution < 1.29 is 23.8 Å². The predicted molar refractivity (Wildman–Crippen MR) is 96.3 cm³/mol. The molecule has 0 unspecified atom stereocenters. The van der Waals surface area contributed by atoms with Crippen LogP contribution in [-0.2, 0) is 20.8 Å². The van der Waals surface area contributed by atoms with Crippen molar-refractivity contribution in [3.63, 3.8) is 0 Å². The highest BCUT2D eigenvalue weighted by molar-refractivity contribution is 5.92. The number of hydrogen-bond acceptors (Lipinski definition) is 6. The minimum atomic E-state index is -0.579. The first-order valence-electron chi connectivity index (χ1n) is 8.56. The van der Waals surface area contributed by atoms with Gasteiger partial charge in [0.15, 0.2) is 6.61 Å². The lowest BCUT2D eigenvalue weighted by Gasteiger charge is -2.31. The second-order valence-electron chi connectivity index (χ2n) is 5.82. The van der Waals surface area contributed by atoms with Gasteiger partial charge in [-0.2, -0.15) is 0 Å². The molecule has 0 aliphatic carbocycles. The fraction of sp³-hybridized carbons (Fsp3) is 0.300. The minimum Gasteiger partial charge on any atom is -0.490 e. The number of carbonyl (C=O) groups excluding carboxylic acids is 2. The second kappa shape index (κ2) is 8.38. The average molecular weight is 355 g/mol. The van der Waals surface area contributed by atoms with E-state index in [1.165, 1.54) is 5.56 Å². The summed E-state index contributed by atoms with van der Waals surface area (Å²) in [7, 11) is 0. The summed E-state index contributed by atoms with van der Waals surface area (Å²) < 4.78 is 15.4. The molecule has 3 rings (SSSR count). The maximum atomic E-state index is 12.1. The Morgan fingerprint density at radius 3 is 2.69 bits per heavy atom. The van der Waals surface area contributed by atoms with Gasteiger partial charge in [-0.1, -0.05) is 30.3 Å². The lowest BCUT2D eigenvalue weighted by molar-refractivity contribution is -0.146. The maximum absolute atomic E-state index is 12.1. The Morgan fingerprint density at radius 2 is 1.92 bits per heavy atom. The van der Waals surface area contributed by atoms with Crippen molar-refractivity contribution in [2.24, 2.45) is 0 Å². The van der Waals surface area contributed by atoms with E-state index in [-0.39, 0.29) is 6.61 Å². The second-order valence-corrected chi connectivity index (χ2v) is 5.82. The van der Waals surface area contributed by atoms with Crippen LogP contribution in [-0.4, -0.2) is 38.3 Å². The Hall–Kier alpha value is -3.02. The molecule has 0 saturated heterocycles. The van der Waals surface area contributed by atoms with Crippen LogP contribution < -0.4 is 9.64 Å². The van der Waals surface area contributed by atoms with Crippen molar-refractivity contribution in [2.45, 2.75) is 13.5 Å². The van der Waals surface area contributed by atoms with Crippen LogP contribution in [0.3, 0.4) is 0 Å². The molecule has 0 atom stereocenters. The number of anilines is 1. The summed E-state index contributed by atoms with van der Waals surface area (Å²) in [6.45, 7) is 3.63. The number of fused-ring (bicyclic) bond motifs is 1. The van der Waals surface area contributed by atoms with Gasteiger partial charge in [-0.3, -0.25) is 0 Å². The van der Waals surface area contributed by atoms with Gasteiger partial charge in [0.25, 0.3) is 0 Å². The van der Waals surface area contributed by atoms with Gasteiger partial charge >= 0.3 is 11.9 Å². The summed E-state index contributed by atoms with van der Waals surface area (Å²) in [6, 6.07) is 15.4. The largest absolute Gasteiger partial charge is 0.490 e. The molecule has 0 fully saturated rings. The summed E-state index contributed by atoms with van der Waals surface area (Å²) in [5, 5.41) is 0. The molecule has 0 radical (unpaired) electrons. The lowest BCUT2D eigenvalue weighted by atomic mass is 10.1. The average Bonchev–Trinajstić information content (AvgIpc) is 2.67. The van der Waals surface area contributed by atoms with Crippen LogP contribution in [0.2, 0.25) is 0 Å². The SMILES string of the molecule is CCOC(=O)COC(=O)c1ccc2c(c1)OCCN2Cc1ccccc1. The third kappa shape index (κ3) is 4.33. The number of esters is 2. The number of carbonyl (C=O) groups is 2. The van der Waals surface area contributed by atoms with E-state index in [1.807, 2.05) is 24.3 Å². The van der Waals surface area contributed by atoms with E-state index in [9.17, 15) is 9.59 Å². The number of ether oxygens (including phenoxy) is 3. The van der Waals surface area contributed by atoms with Gasteiger partial charge in [0.2, 0.25) is 0 Å². The first-order valence-corrected chi connectivity index (χ1v) is 8.56. The van der Waals surface area contributed by atoms with Gasteiger partial charge in [-0.25, -0.2) is 9.59 Å². The van der Waals surface area contributed by atoms with E-state index in [0.717, 1.165) is 18.8 Å². The van der Waals surface area contributed by atoms with E-state index in [1.54, 1.807) is 19.1 Å². The van der Waals surface area contributed by atoms with Gasteiger partial charge in [0.1, 0.15) is 12.4 Å². The van der Waals surface area contributed by atoms with Crippen molar-refractivity contribution >= 4 is 17.6 Å². The highest BCUT2D eigenvalue weighted by atomic mass is 16.6. The first-order chi connectivity index (χ1) is 12.7. The predicted octanol–water partition coefficient (Wildman–Crippen LogP) is 2.81. The van der Waals surface area contributed by atoms with Crippen LogP contribution in [0.1, 0.15) is 22.8 Å². The zero-order chi connectivity index (χ0) is 18.4. The smallest absolute Gasteiger partial charge is 0.344 e. The van der Waals surface area contributed by atoms with Crippen LogP contribution in [0.5, 0.6) is 5.75 Å². The van der Waals surface area contributed by atoms with Gasteiger partial charge in [-0.05, 0) is 30.7 Å². The zero-order valence-corrected chi connectivity index (χ0v) is 14.6. The molecule has 2 aromatic rings. The molecule has 6 heteroatoms. The van der Waals surface area contributed by atoms with Crippen LogP contribution in [0.25, 0.3) is 0 Å². The van der Waals surface area contributed by atoms with Crippen molar-refractivity contribution in [3.8, 4) is 5.75 Å². The molecular formula is C20H21NO5. The summed E-state index contributed by atoms with van der Waals surface area (Å²) in [5.74, 6) is -0.508. The van der Waals surface area contributed by atoms with Gasteiger partial charge < -0.3 is 19.1 Å². The molecule has 0 amide bonds. The number of hydrogen-bond donors (Lipinski definition) is 0. The molecule has 0 N–H and O–H groups in total. The van der Waals surface area contributed by atoms with Crippen LogP contribution in [0.4, 0.5) is 5.69 Å². The highest BCUT2D eigenvalue weighted by Crippen LogP contribution is 2.33. The summed E-state index contributed by atoms with van der Waals surface area (Å²) in [4.78, 5) is 25.6. The monoisotopic (exact) mass is 355 g/mol. The van der Waals surface area contributed by atoms with Crippen LogP contribution >= 0.6 is 0 Å². The molecule has 136 valence electrons. The van der Waals surface area contributed by atoms with Crippen molar-refractivity contribution in [1.29, 1.82) is 0 Å². The Kier molecular flexibility index (Phi) is 5.73. The minimum absolute atomic E-state index is 0.250. The third-order valence-corrected chi connectivity index (χ3v) is 4.00. The molecule has 1 heterocycles. The Labute approximate surface area is 152 Å². The summed E-state index contributed by atoms with van der Waals surface area (Å²) >= 11 is 0. The molecule has 1 aliphatic heterocycles. The van der Waals surface area contributed by atoms with E-state index >= 15 is 0 Å². The number of benzene rings is 2. The Bertz CT molecular complexity index is 775. The number of nitrogens with zero attached hydrogens (tertiary/aromatic N) is 1. The third-order valence-electron chi connectivity index (χ3n) is 4.00. The molecule has 0 bridgehead atoms. The Balaban J connectivity index is 1.69. The van der Waals surface area contributed by atoms with Crippen LogP contribution in [0, 0.1) is 0 Å². The fourth-order valence-corrected chi connectivity index (χ4v) is 2.78. The lowest BCUT2D eigenvalue weighted by Crippen LogP contribution is -2.32. The summed E-state index contributed by atoms with van der Waals surface area (Å²) in [5.41, 5.74) is 2.48.